The maximum absolute atomic E-state index is 12.4. The first-order chi connectivity index (χ1) is 10.1. The Labute approximate surface area is 127 Å². The molecular weight excluding hydrogens is 268 g/mol. The number of hydrogen-bond acceptors (Lipinski definition) is 2. The van der Waals surface area contributed by atoms with Crippen molar-refractivity contribution in [2.24, 2.45) is 11.8 Å². The predicted molar refractivity (Wildman–Crippen MR) is 81.1 cm³/mol. The van der Waals surface area contributed by atoms with Crippen LogP contribution in [0.2, 0.25) is 0 Å². The lowest BCUT2D eigenvalue weighted by Gasteiger charge is -2.35. The first kappa shape index (κ1) is 16.1. The second-order valence-corrected chi connectivity index (χ2v) is 6.46. The van der Waals surface area contributed by atoms with Gasteiger partial charge in [-0.3, -0.25) is 4.79 Å². The first-order valence-corrected chi connectivity index (χ1v) is 8.40. The Hall–Kier alpha value is -1.26. The van der Waals surface area contributed by atoms with Crippen LogP contribution in [0.25, 0.3) is 0 Å². The zero-order chi connectivity index (χ0) is 15.2. The van der Waals surface area contributed by atoms with Gasteiger partial charge in [-0.2, -0.15) is 0 Å². The number of nitrogens with one attached hydrogen (secondary N) is 1. The summed E-state index contributed by atoms with van der Waals surface area (Å²) in [6, 6.07) is 0.270. The molecule has 2 N–H and O–H groups in total. The third kappa shape index (κ3) is 4.35. The minimum atomic E-state index is -0.733. The molecule has 0 aromatic rings. The van der Waals surface area contributed by atoms with E-state index in [0.29, 0.717) is 31.8 Å². The van der Waals surface area contributed by atoms with Gasteiger partial charge in [0.2, 0.25) is 0 Å². The number of urea groups is 1. The van der Waals surface area contributed by atoms with Gasteiger partial charge in [0.25, 0.3) is 0 Å². The van der Waals surface area contributed by atoms with Gasteiger partial charge in [-0.1, -0.05) is 26.2 Å². The smallest absolute Gasteiger partial charge is 0.317 e. The Morgan fingerprint density at radius 3 is 2.29 bits per heavy atom. The number of carbonyl (C=O) groups excluding carboxylic acids is 1. The van der Waals surface area contributed by atoms with E-state index in [2.05, 4.69) is 12.2 Å². The second kappa shape index (κ2) is 7.66. The van der Waals surface area contributed by atoms with Gasteiger partial charge in [0.1, 0.15) is 0 Å². The van der Waals surface area contributed by atoms with Crippen LogP contribution in [-0.2, 0) is 4.79 Å². The van der Waals surface area contributed by atoms with Crippen LogP contribution in [0.5, 0.6) is 0 Å². The highest BCUT2D eigenvalue weighted by atomic mass is 16.4. The molecule has 1 aliphatic carbocycles. The number of amides is 2. The van der Waals surface area contributed by atoms with E-state index in [0.717, 1.165) is 6.42 Å². The van der Waals surface area contributed by atoms with E-state index < -0.39 is 5.97 Å². The van der Waals surface area contributed by atoms with Crippen LogP contribution >= 0.6 is 0 Å². The fourth-order valence-corrected chi connectivity index (χ4v) is 3.67. The van der Waals surface area contributed by atoms with Gasteiger partial charge in [-0.25, -0.2) is 4.79 Å². The van der Waals surface area contributed by atoms with Crippen LogP contribution in [0, 0.1) is 11.8 Å². The van der Waals surface area contributed by atoms with Crippen molar-refractivity contribution in [3.8, 4) is 0 Å². The van der Waals surface area contributed by atoms with E-state index in [9.17, 15) is 9.59 Å². The van der Waals surface area contributed by atoms with E-state index >= 15 is 0 Å². The largest absolute Gasteiger partial charge is 0.481 e. The number of hydrogen-bond donors (Lipinski definition) is 2. The molecule has 2 amide bonds. The van der Waals surface area contributed by atoms with Gasteiger partial charge in [-0.05, 0) is 38.0 Å². The number of rotatable bonds is 4. The highest BCUT2D eigenvalue weighted by molar-refractivity contribution is 5.75. The van der Waals surface area contributed by atoms with Gasteiger partial charge in [0.05, 0.1) is 5.92 Å². The quantitative estimate of drug-likeness (QED) is 0.838. The molecule has 1 aliphatic heterocycles. The van der Waals surface area contributed by atoms with Crippen molar-refractivity contribution in [3.05, 3.63) is 0 Å². The molecule has 1 saturated carbocycles. The SMILES string of the molecule is CCC(NC(=O)N1CCC(C(=O)O)CC1)C1CCCCC1. The molecule has 0 aromatic carbocycles. The minimum absolute atomic E-state index is 0.00346. The summed E-state index contributed by atoms with van der Waals surface area (Å²) >= 11 is 0. The van der Waals surface area contributed by atoms with Crippen LogP contribution in [0.1, 0.15) is 58.3 Å². The average Bonchev–Trinajstić information content (AvgIpc) is 2.53. The third-order valence-electron chi connectivity index (χ3n) is 5.10. The molecule has 1 unspecified atom stereocenters. The Balaban J connectivity index is 1.81. The minimum Gasteiger partial charge on any atom is -0.481 e. The van der Waals surface area contributed by atoms with E-state index in [1.165, 1.54) is 32.1 Å². The number of carboxylic acid groups (broad SMARTS) is 1. The summed E-state index contributed by atoms with van der Waals surface area (Å²) < 4.78 is 0. The van der Waals surface area contributed by atoms with Gasteiger partial charge in [0, 0.05) is 19.1 Å². The van der Waals surface area contributed by atoms with Crippen LogP contribution in [0.4, 0.5) is 4.79 Å². The van der Waals surface area contributed by atoms with Gasteiger partial charge < -0.3 is 15.3 Å². The van der Waals surface area contributed by atoms with Gasteiger partial charge in [-0.15, -0.1) is 0 Å². The molecule has 21 heavy (non-hydrogen) atoms. The number of aliphatic carboxylic acids is 1. The molecule has 2 aliphatic rings. The Morgan fingerprint density at radius 2 is 1.76 bits per heavy atom. The zero-order valence-electron chi connectivity index (χ0n) is 13.0. The molecule has 1 atom stereocenters. The lowest BCUT2D eigenvalue weighted by atomic mass is 9.83. The van der Waals surface area contributed by atoms with E-state index in [4.69, 9.17) is 5.11 Å². The molecule has 0 spiro atoms. The lowest BCUT2D eigenvalue weighted by molar-refractivity contribution is -0.143. The van der Waals surface area contributed by atoms with E-state index in [-0.39, 0.29) is 18.0 Å². The molecule has 5 heteroatoms. The van der Waals surface area contributed by atoms with Crippen molar-refractivity contribution < 1.29 is 14.7 Å². The van der Waals surface area contributed by atoms with Crippen molar-refractivity contribution >= 4 is 12.0 Å². The molecule has 2 rings (SSSR count). The van der Waals surface area contributed by atoms with Gasteiger partial charge in [0.15, 0.2) is 0 Å². The van der Waals surface area contributed by atoms with Crippen LogP contribution in [-0.4, -0.2) is 41.1 Å². The van der Waals surface area contributed by atoms with Crippen LogP contribution in [0.15, 0.2) is 0 Å². The predicted octanol–water partition coefficient (Wildman–Crippen LogP) is 2.85. The second-order valence-electron chi connectivity index (χ2n) is 6.46. The molecular formula is C16H28N2O3. The molecule has 1 saturated heterocycles. The van der Waals surface area contributed by atoms with Gasteiger partial charge >= 0.3 is 12.0 Å². The van der Waals surface area contributed by atoms with Crippen molar-refractivity contribution in [1.29, 1.82) is 0 Å². The molecule has 0 aromatic heterocycles. The molecule has 120 valence electrons. The third-order valence-corrected chi connectivity index (χ3v) is 5.10. The molecule has 0 bridgehead atoms. The fourth-order valence-electron chi connectivity index (χ4n) is 3.67. The summed E-state index contributed by atoms with van der Waals surface area (Å²) in [6.45, 7) is 3.25. The summed E-state index contributed by atoms with van der Waals surface area (Å²) in [7, 11) is 0. The molecule has 5 nitrogen and oxygen atoms in total. The summed E-state index contributed by atoms with van der Waals surface area (Å²) in [6.07, 6.45) is 8.44. The molecule has 2 fully saturated rings. The van der Waals surface area contributed by atoms with Crippen LogP contribution < -0.4 is 5.32 Å². The number of carboxylic acids is 1. The number of nitrogens with zero attached hydrogens (tertiary/aromatic N) is 1. The summed E-state index contributed by atoms with van der Waals surface area (Å²) in [5, 5.41) is 12.2. The Kier molecular flexibility index (Phi) is 5.88. The summed E-state index contributed by atoms with van der Waals surface area (Å²) in [4.78, 5) is 25.1. The normalized spacial score (nSPS) is 22.8. The number of carbonyl (C=O) groups is 2. The van der Waals surface area contributed by atoms with Crippen molar-refractivity contribution in [2.75, 3.05) is 13.1 Å². The van der Waals surface area contributed by atoms with Crippen molar-refractivity contribution in [3.63, 3.8) is 0 Å². The number of likely N-dealkylation sites (tertiary alicyclic amines) is 1. The monoisotopic (exact) mass is 296 g/mol. The molecule has 0 radical (unpaired) electrons. The summed E-state index contributed by atoms with van der Waals surface area (Å²) in [5.74, 6) is -0.401. The summed E-state index contributed by atoms with van der Waals surface area (Å²) in [5.41, 5.74) is 0. The van der Waals surface area contributed by atoms with E-state index in [1.807, 2.05) is 0 Å². The maximum Gasteiger partial charge on any atom is 0.317 e. The van der Waals surface area contributed by atoms with Crippen LogP contribution in [0.3, 0.4) is 0 Å². The fraction of sp³-hybridized carbons (Fsp3) is 0.875. The number of piperidine rings is 1. The zero-order valence-corrected chi connectivity index (χ0v) is 13.0. The Bertz CT molecular complexity index is 359. The first-order valence-electron chi connectivity index (χ1n) is 8.40. The topological polar surface area (TPSA) is 69.6 Å². The lowest BCUT2D eigenvalue weighted by Crippen LogP contribution is -2.50. The Morgan fingerprint density at radius 1 is 1.14 bits per heavy atom. The highest BCUT2D eigenvalue weighted by Crippen LogP contribution is 2.28. The van der Waals surface area contributed by atoms with E-state index in [1.54, 1.807) is 4.90 Å². The highest BCUT2D eigenvalue weighted by Gasteiger charge is 2.29. The molecule has 1 heterocycles. The average molecular weight is 296 g/mol. The maximum atomic E-state index is 12.4. The standard InChI is InChI=1S/C16H28N2O3/c1-2-14(12-6-4-3-5-7-12)17-16(21)18-10-8-13(9-11-18)15(19)20/h12-14H,2-11H2,1H3,(H,17,21)(H,19,20). The van der Waals surface area contributed by atoms with Crippen molar-refractivity contribution in [1.82, 2.24) is 10.2 Å². The van der Waals surface area contributed by atoms with Crippen molar-refractivity contribution in [2.45, 2.75) is 64.3 Å².